The summed E-state index contributed by atoms with van der Waals surface area (Å²) < 4.78 is 228. The van der Waals surface area contributed by atoms with Crippen molar-refractivity contribution < 1.29 is 93.6 Å². The van der Waals surface area contributed by atoms with Crippen LogP contribution in [0.1, 0.15) is 0 Å². The molecule has 0 bridgehead atoms. The second-order valence-corrected chi connectivity index (χ2v) is 6.20. The molecule has 36 heavy (non-hydrogen) atoms. The molecule has 0 N–H and O–H groups in total. The highest BCUT2D eigenvalue weighted by molar-refractivity contribution is 5.81. The number of hydrogen-bond donors (Lipinski definition) is 0. The number of carbonyl (C=O) groups excluding carboxylic acids is 1. The van der Waals surface area contributed by atoms with Crippen molar-refractivity contribution in [3.8, 4) is 5.75 Å². The summed E-state index contributed by atoms with van der Waals surface area (Å²) in [6.07, 6.45) is -38.7. The van der Waals surface area contributed by atoms with E-state index in [0.29, 0.717) is 12.1 Å². The number of esters is 1. The topological polar surface area (TPSA) is 44.8 Å². The standard InChI is InChI=1S/C15H5F17O4/c16-8(11(20,21)22,7(33)34-6-4-2-1-3-5-6)35-15(31,32)10(19,13(26,27)28)36-14(29,30)9(17,18)12(23,24)25/h1-5H/t8-,10-/m1/s1. The zero-order valence-corrected chi connectivity index (χ0v) is 15.9. The van der Waals surface area contributed by atoms with E-state index in [1.807, 2.05) is 4.74 Å². The van der Waals surface area contributed by atoms with E-state index in [-0.39, 0.29) is 0 Å². The molecule has 0 heterocycles. The zero-order chi connectivity index (χ0) is 28.8. The van der Waals surface area contributed by atoms with Crippen molar-refractivity contribution in [1.82, 2.24) is 0 Å². The molecular weight excluding hydrogens is 567 g/mol. The van der Waals surface area contributed by atoms with Gasteiger partial charge in [0.2, 0.25) is 0 Å². The van der Waals surface area contributed by atoms with Crippen molar-refractivity contribution in [2.45, 2.75) is 48.4 Å². The fraction of sp³-hybridized carbons (Fsp3) is 0.533. The van der Waals surface area contributed by atoms with E-state index >= 15 is 0 Å². The molecule has 0 saturated heterocycles. The lowest BCUT2D eigenvalue weighted by Gasteiger charge is -2.39. The Labute approximate surface area is 185 Å². The maximum absolute atomic E-state index is 14.2. The second kappa shape index (κ2) is 9.06. The van der Waals surface area contributed by atoms with Crippen molar-refractivity contribution in [1.29, 1.82) is 0 Å². The molecule has 1 rings (SSSR count). The monoisotopic (exact) mass is 572 g/mol. The second-order valence-electron chi connectivity index (χ2n) is 6.20. The summed E-state index contributed by atoms with van der Waals surface area (Å²) in [5, 5.41) is 0. The number of hydrogen-bond acceptors (Lipinski definition) is 4. The summed E-state index contributed by atoms with van der Waals surface area (Å²) in [5.74, 6) is -27.7. The molecule has 0 aromatic heterocycles. The van der Waals surface area contributed by atoms with Gasteiger partial charge in [0, 0.05) is 0 Å². The molecule has 208 valence electrons. The van der Waals surface area contributed by atoms with E-state index in [1.165, 1.54) is 4.74 Å². The lowest BCUT2D eigenvalue weighted by Crippen LogP contribution is -2.68. The van der Waals surface area contributed by atoms with E-state index in [1.54, 1.807) is 0 Å². The normalized spacial score (nSPS) is 17.8. The average molecular weight is 572 g/mol. The number of ether oxygens (including phenoxy) is 3. The molecule has 2 atom stereocenters. The maximum atomic E-state index is 14.2. The molecule has 0 aliphatic rings. The molecule has 0 fully saturated rings. The van der Waals surface area contributed by atoms with Crippen LogP contribution in [0.3, 0.4) is 0 Å². The molecule has 0 radical (unpaired) electrons. The highest BCUT2D eigenvalue weighted by atomic mass is 19.4. The van der Waals surface area contributed by atoms with Crippen molar-refractivity contribution >= 4 is 5.97 Å². The number of alkyl halides is 17. The third-order valence-electron chi connectivity index (χ3n) is 3.58. The lowest BCUT2D eigenvalue weighted by atomic mass is 10.2. The summed E-state index contributed by atoms with van der Waals surface area (Å²) in [7, 11) is 0. The van der Waals surface area contributed by atoms with E-state index < -0.39 is 60.1 Å². The van der Waals surface area contributed by atoms with Crippen LogP contribution in [-0.2, 0) is 14.3 Å². The zero-order valence-electron chi connectivity index (χ0n) is 15.9. The number of para-hydroxylation sites is 1. The number of halogens is 17. The van der Waals surface area contributed by atoms with Gasteiger partial charge in [-0.05, 0) is 12.1 Å². The number of rotatable bonds is 8. The van der Waals surface area contributed by atoms with Gasteiger partial charge in [-0.1, -0.05) is 18.2 Å². The first-order valence-corrected chi connectivity index (χ1v) is 8.05. The molecule has 21 heteroatoms. The Kier molecular flexibility index (Phi) is 7.92. The Morgan fingerprint density at radius 3 is 1.36 bits per heavy atom. The van der Waals surface area contributed by atoms with Crippen LogP contribution in [0, 0.1) is 0 Å². The highest BCUT2D eigenvalue weighted by Gasteiger charge is 2.85. The first-order chi connectivity index (χ1) is 15.7. The Morgan fingerprint density at radius 1 is 0.556 bits per heavy atom. The van der Waals surface area contributed by atoms with Crippen molar-refractivity contribution in [3.05, 3.63) is 30.3 Å². The summed E-state index contributed by atoms with van der Waals surface area (Å²) in [4.78, 5) is 11.5. The van der Waals surface area contributed by atoms with Gasteiger partial charge in [0.25, 0.3) is 0 Å². The SMILES string of the molecule is O=C(Oc1ccccc1)[C@@](F)(OC(F)(F)[C@](F)(OC(F)(F)C(F)(F)C(F)(F)F)C(F)(F)F)C(F)(F)F. The van der Waals surface area contributed by atoms with Crippen LogP contribution >= 0.6 is 0 Å². The van der Waals surface area contributed by atoms with Crippen LogP contribution in [0.15, 0.2) is 30.3 Å². The Hall–Kier alpha value is -2.58. The van der Waals surface area contributed by atoms with Crippen LogP contribution in [-0.4, -0.2) is 54.3 Å². The smallest absolute Gasteiger partial charge is 0.422 e. The van der Waals surface area contributed by atoms with Gasteiger partial charge < -0.3 is 4.74 Å². The van der Waals surface area contributed by atoms with Crippen molar-refractivity contribution in [2.24, 2.45) is 0 Å². The van der Waals surface area contributed by atoms with Crippen molar-refractivity contribution in [3.63, 3.8) is 0 Å². The summed E-state index contributed by atoms with van der Waals surface area (Å²) >= 11 is 0. The lowest BCUT2D eigenvalue weighted by molar-refractivity contribution is -0.548. The Balaban J connectivity index is 3.61. The fourth-order valence-corrected chi connectivity index (χ4v) is 1.81. The van der Waals surface area contributed by atoms with Crippen LogP contribution in [0.4, 0.5) is 74.6 Å². The summed E-state index contributed by atoms with van der Waals surface area (Å²) in [6.45, 7) is 0. The van der Waals surface area contributed by atoms with Gasteiger partial charge in [-0.15, -0.1) is 0 Å². The first kappa shape index (κ1) is 31.4. The van der Waals surface area contributed by atoms with Gasteiger partial charge in [0.1, 0.15) is 5.75 Å². The molecular formula is C15H5F17O4. The van der Waals surface area contributed by atoms with E-state index in [2.05, 4.69) is 4.74 Å². The maximum Gasteiger partial charge on any atom is 0.462 e. The molecule has 0 spiro atoms. The molecule has 0 saturated carbocycles. The minimum atomic E-state index is -8.08. The van der Waals surface area contributed by atoms with Gasteiger partial charge in [-0.2, -0.15) is 74.6 Å². The number of carbonyl (C=O) groups is 1. The minimum absolute atomic E-state index is 0.519. The van der Waals surface area contributed by atoms with Gasteiger partial charge in [-0.3, -0.25) is 9.47 Å². The third-order valence-corrected chi connectivity index (χ3v) is 3.58. The van der Waals surface area contributed by atoms with Gasteiger partial charge in [0.15, 0.2) is 0 Å². The molecule has 0 amide bonds. The molecule has 0 aliphatic heterocycles. The van der Waals surface area contributed by atoms with Crippen LogP contribution in [0.2, 0.25) is 0 Å². The third kappa shape index (κ3) is 5.54. The first-order valence-electron chi connectivity index (χ1n) is 8.05. The quantitative estimate of drug-likeness (QED) is 0.204. The fourth-order valence-electron chi connectivity index (χ4n) is 1.81. The predicted octanol–water partition coefficient (Wildman–Crippen LogP) is 6.46. The predicted molar refractivity (Wildman–Crippen MR) is 74.9 cm³/mol. The molecule has 0 unspecified atom stereocenters. The van der Waals surface area contributed by atoms with E-state index in [9.17, 15) is 79.4 Å². The van der Waals surface area contributed by atoms with Crippen molar-refractivity contribution in [2.75, 3.05) is 0 Å². The Morgan fingerprint density at radius 2 is 1.00 bits per heavy atom. The largest absolute Gasteiger partial charge is 0.462 e. The van der Waals surface area contributed by atoms with Crippen LogP contribution in [0.5, 0.6) is 5.75 Å². The van der Waals surface area contributed by atoms with Gasteiger partial charge in [0.05, 0.1) is 0 Å². The molecule has 4 nitrogen and oxygen atoms in total. The van der Waals surface area contributed by atoms with Gasteiger partial charge in [-0.25, -0.2) is 4.79 Å². The van der Waals surface area contributed by atoms with Gasteiger partial charge >= 0.3 is 54.3 Å². The molecule has 0 aliphatic carbocycles. The Bertz CT molecular complexity index is 923. The summed E-state index contributed by atoms with van der Waals surface area (Å²) in [5.41, 5.74) is 0. The number of benzene rings is 1. The van der Waals surface area contributed by atoms with Crippen LogP contribution < -0.4 is 4.74 Å². The molecule has 1 aromatic carbocycles. The van der Waals surface area contributed by atoms with E-state index in [4.69, 9.17) is 0 Å². The minimum Gasteiger partial charge on any atom is -0.422 e. The average Bonchev–Trinajstić information content (AvgIpc) is 2.65. The van der Waals surface area contributed by atoms with Crippen LogP contribution in [0.25, 0.3) is 0 Å². The molecule has 1 aromatic rings. The highest BCUT2D eigenvalue weighted by Crippen LogP contribution is 2.56. The summed E-state index contributed by atoms with van der Waals surface area (Å²) in [6, 6.07) is 3.80. The van der Waals surface area contributed by atoms with E-state index in [0.717, 1.165) is 18.2 Å².